The Balaban J connectivity index is 0.00000324. The summed E-state index contributed by atoms with van der Waals surface area (Å²) in [6.07, 6.45) is 2.29. The normalized spacial score (nSPS) is 11.5. The Morgan fingerprint density at radius 1 is 1.32 bits per heavy atom. The molecule has 1 unspecified atom stereocenters. The van der Waals surface area contributed by atoms with E-state index >= 15 is 0 Å². The van der Waals surface area contributed by atoms with Gasteiger partial charge in [-0.15, -0.1) is 12.4 Å². The number of carbonyl (C=O) groups excluding carboxylic acids is 1. The van der Waals surface area contributed by atoms with Crippen molar-refractivity contribution in [2.75, 3.05) is 6.54 Å². The highest BCUT2D eigenvalue weighted by Crippen LogP contribution is 2.12. The van der Waals surface area contributed by atoms with Crippen LogP contribution in [0.3, 0.4) is 0 Å². The Morgan fingerprint density at radius 2 is 1.95 bits per heavy atom. The average Bonchev–Trinajstić information content (AvgIpc) is 2.42. The van der Waals surface area contributed by atoms with Crippen LogP contribution in [0.15, 0.2) is 30.3 Å². The van der Waals surface area contributed by atoms with Gasteiger partial charge in [0, 0.05) is 19.0 Å². The molecule has 2 N–H and O–H groups in total. The number of nitrogens with two attached hydrogens (primary N) is 1. The Bertz CT molecular complexity index is 356. The lowest BCUT2D eigenvalue weighted by Gasteiger charge is -2.29. The zero-order valence-corrected chi connectivity index (χ0v) is 12.7. The largest absolute Gasteiger partial charge is 0.336 e. The molecule has 0 radical (unpaired) electrons. The second-order valence-corrected chi connectivity index (χ2v) is 4.66. The first-order valence-corrected chi connectivity index (χ1v) is 6.72. The summed E-state index contributed by atoms with van der Waals surface area (Å²) in [6.45, 7) is 5.48. The molecule has 1 atom stereocenters. The number of hydrogen-bond donors (Lipinski definition) is 1. The molecule has 0 aliphatic heterocycles. The highest BCUT2D eigenvalue weighted by atomic mass is 35.5. The number of nitrogens with zero attached hydrogens (tertiary/aromatic N) is 1. The molecule has 0 aromatic heterocycles. The van der Waals surface area contributed by atoms with Crippen molar-refractivity contribution in [3.63, 3.8) is 0 Å². The maximum Gasteiger partial charge on any atom is 0.223 e. The third kappa shape index (κ3) is 6.08. The van der Waals surface area contributed by atoms with Crippen molar-refractivity contribution < 1.29 is 4.79 Å². The first-order valence-electron chi connectivity index (χ1n) is 6.72. The van der Waals surface area contributed by atoms with E-state index in [1.165, 1.54) is 5.56 Å². The number of benzene rings is 1. The molecule has 0 saturated carbocycles. The standard InChI is InChI=1S/C15H24N2O.ClH/c1-3-13(2)17(15(18)10-7-11-16)12-14-8-5-4-6-9-14;/h4-6,8-9,13H,3,7,10-12,16H2,1-2H3;1H. The molecule has 3 nitrogen and oxygen atoms in total. The van der Waals surface area contributed by atoms with Crippen LogP contribution in [0.5, 0.6) is 0 Å². The van der Waals surface area contributed by atoms with Crippen LogP contribution in [0, 0.1) is 0 Å². The summed E-state index contributed by atoms with van der Waals surface area (Å²) in [5, 5.41) is 0. The number of hydrogen-bond acceptors (Lipinski definition) is 2. The van der Waals surface area contributed by atoms with Crippen molar-refractivity contribution in [2.45, 2.75) is 45.7 Å². The van der Waals surface area contributed by atoms with E-state index in [-0.39, 0.29) is 24.4 Å². The summed E-state index contributed by atoms with van der Waals surface area (Å²) in [7, 11) is 0. The fourth-order valence-corrected chi connectivity index (χ4v) is 1.89. The molecule has 1 aromatic carbocycles. The molecular weight excluding hydrogens is 260 g/mol. The molecule has 0 aliphatic rings. The van der Waals surface area contributed by atoms with Gasteiger partial charge in [0.25, 0.3) is 0 Å². The fraction of sp³-hybridized carbons (Fsp3) is 0.533. The van der Waals surface area contributed by atoms with E-state index in [4.69, 9.17) is 5.73 Å². The maximum atomic E-state index is 12.2. The minimum atomic E-state index is 0. The summed E-state index contributed by atoms with van der Waals surface area (Å²) in [5.74, 6) is 0.207. The summed E-state index contributed by atoms with van der Waals surface area (Å²) >= 11 is 0. The van der Waals surface area contributed by atoms with Crippen LogP contribution in [-0.2, 0) is 11.3 Å². The van der Waals surface area contributed by atoms with Gasteiger partial charge in [0.05, 0.1) is 0 Å². The van der Waals surface area contributed by atoms with Gasteiger partial charge in [0.15, 0.2) is 0 Å². The van der Waals surface area contributed by atoms with Gasteiger partial charge in [-0.3, -0.25) is 4.79 Å². The highest BCUT2D eigenvalue weighted by Gasteiger charge is 2.18. The van der Waals surface area contributed by atoms with Crippen LogP contribution in [0.2, 0.25) is 0 Å². The lowest BCUT2D eigenvalue weighted by atomic mass is 10.1. The van der Waals surface area contributed by atoms with E-state index in [1.807, 2.05) is 23.1 Å². The van der Waals surface area contributed by atoms with Crippen LogP contribution < -0.4 is 5.73 Å². The SMILES string of the molecule is CCC(C)N(Cc1ccccc1)C(=O)CCCN.Cl. The molecule has 0 saturated heterocycles. The van der Waals surface area contributed by atoms with Crippen molar-refractivity contribution >= 4 is 18.3 Å². The molecule has 108 valence electrons. The van der Waals surface area contributed by atoms with Crippen molar-refractivity contribution in [3.05, 3.63) is 35.9 Å². The van der Waals surface area contributed by atoms with Crippen LogP contribution in [0.25, 0.3) is 0 Å². The Morgan fingerprint density at radius 3 is 2.47 bits per heavy atom. The first kappa shape index (κ1) is 17.9. The minimum Gasteiger partial charge on any atom is -0.336 e. The molecule has 1 aromatic rings. The van der Waals surface area contributed by atoms with E-state index in [9.17, 15) is 4.79 Å². The van der Waals surface area contributed by atoms with Crippen LogP contribution in [0.1, 0.15) is 38.7 Å². The van der Waals surface area contributed by atoms with Gasteiger partial charge in [-0.1, -0.05) is 37.3 Å². The van der Waals surface area contributed by atoms with Crippen molar-refractivity contribution in [3.8, 4) is 0 Å². The van der Waals surface area contributed by atoms with Crippen molar-refractivity contribution in [1.29, 1.82) is 0 Å². The third-order valence-electron chi connectivity index (χ3n) is 3.23. The first-order chi connectivity index (χ1) is 8.69. The third-order valence-corrected chi connectivity index (χ3v) is 3.23. The lowest BCUT2D eigenvalue weighted by Crippen LogP contribution is -2.37. The van der Waals surface area contributed by atoms with Gasteiger partial charge >= 0.3 is 0 Å². The van der Waals surface area contributed by atoms with E-state index in [0.29, 0.717) is 19.5 Å². The monoisotopic (exact) mass is 284 g/mol. The number of amides is 1. The number of carbonyl (C=O) groups is 1. The van der Waals surface area contributed by atoms with E-state index in [2.05, 4.69) is 26.0 Å². The topological polar surface area (TPSA) is 46.3 Å². The van der Waals surface area contributed by atoms with Gasteiger partial charge in [0.2, 0.25) is 5.91 Å². The summed E-state index contributed by atoms with van der Waals surface area (Å²) in [6, 6.07) is 10.4. The molecule has 0 aliphatic carbocycles. The zero-order valence-electron chi connectivity index (χ0n) is 11.8. The van der Waals surface area contributed by atoms with Crippen LogP contribution >= 0.6 is 12.4 Å². The molecule has 19 heavy (non-hydrogen) atoms. The molecule has 0 heterocycles. The highest BCUT2D eigenvalue weighted by molar-refractivity contribution is 5.85. The van der Waals surface area contributed by atoms with Gasteiger partial charge < -0.3 is 10.6 Å². The smallest absolute Gasteiger partial charge is 0.223 e. The quantitative estimate of drug-likeness (QED) is 0.837. The minimum absolute atomic E-state index is 0. The molecular formula is C15H25ClN2O. The Labute approximate surface area is 122 Å². The van der Waals surface area contributed by atoms with E-state index < -0.39 is 0 Å². The van der Waals surface area contributed by atoms with Crippen molar-refractivity contribution in [2.24, 2.45) is 5.73 Å². The molecule has 4 heteroatoms. The molecule has 1 rings (SSSR count). The van der Waals surface area contributed by atoms with Crippen LogP contribution in [0.4, 0.5) is 0 Å². The van der Waals surface area contributed by atoms with Crippen LogP contribution in [-0.4, -0.2) is 23.4 Å². The summed E-state index contributed by atoms with van der Waals surface area (Å²) in [4.78, 5) is 14.1. The summed E-state index contributed by atoms with van der Waals surface area (Å²) in [5.41, 5.74) is 6.65. The molecule has 0 spiro atoms. The fourth-order valence-electron chi connectivity index (χ4n) is 1.89. The average molecular weight is 285 g/mol. The molecule has 1 amide bonds. The van der Waals surface area contributed by atoms with E-state index in [1.54, 1.807) is 0 Å². The molecule has 0 bridgehead atoms. The number of rotatable bonds is 7. The second-order valence-electron chi connectivity index (χ2n) is 4.66. The van der Waals surface area contributed by atoms with Gasteiger partial charge in [-0.05, 0) is 31.9 Å². The predicted molar refractivity (Wildman–Crippen MR) is 82.3 cm³/mol. The zero-order chi connectivity index (χ0) is 13.4. The van der Waals surface area contributed by atoms with Gasteiger partial charge in [-0.25, -0.2) is 0 Å². The van der Waals surface area contributed by atoms with Gasteiger partial charge in [0.1, 0.15) is 0 Å². The van der Waals surface area contributed by atoms with Gasteiger partial charge in [-0.2, -0.15) is 0 Å². The van der Waals surface area contributed by atoms with E-state index in [0.717, 1.165) is 12.8 Å². The Kier molecular flexibility index (Phi) is 9.27. The summed E-state index contributed by atoms with van der Waals surface area (Å²) < 4.78 is 0. The van der Waals surface area contributed by atoms with Crippen molar-refractivity contribution in [1.82, 2.24) is 4.90 Å². The predicted octanol–water partition coefficient (Wildman–Crippen LogP) is 2.97. The maximum absolute atomic E-state index is 12.2. The number of halogens is 1. The Hall–Kier alpha value is -1.06. The molecule has 0 fully saturated rings. The lowest BCUT2D eigenvalue weighted by molar-refractivity contribution is -0.134. The second kappa shape index (κ2) is 9.82.